The number of nitrogens with zero attached hydrogens (tertiary/aromatic N) is 2. The van der Waals surface area contributed by atoms with Crippen molar-refractivity contribution in [3.05, 3.63) is 59.4 Å². The minimum Gasteiger partial charge on any atom is -0.462 e. The van der Waals surface area contributed by atoms with Crippen LogP contribution in [0.15, 0.2) is 42.5 Å². The van der Waals surface area contributed by atoms with E-state index in [0.29, 0.717) is 18.4 Å². The first-order chi connectivity index (χ1) is 13.4. The number of hydrogen-bond acceptors (Lipinski definition) is 4. The van der Waals surface area contributed by atoms with E-state index < -0.39 is 0 Å². The number of ketones is 1. The van der Waals surface area contributed by atoms with Gasteiger partial charge >= 0.3 is 5.97 Å². The van der Waals surface area contributed by atoms with Gasteiger partial charge in [0.2, 0.25) is 0 Å². The molecule has 0 bridgehead atoms. The Balaban J connectivity index is 1.90. The van der Waals surface area contributed by atoms with Crippen LogP contribution in [-0.2, 0) is 22.4 Å². The van der Waals surface area contributed by atoms with Gasteiger partial charge in [-0.3, -0.25) is 14.2 Å². The van der Waals surface area contributed by atoms with Gasteiger partial charge in [0.1, 0.15) is 11.9 Å². The van der Waals surface area contributed by atoms with Crippen molar-refractivity contribution in [3.8, 4) is 5.69 Å². The molecule has 1 heterocycles. The molecule has 28 heavy (non-hydrogen) atoms. The summed E-state index contributed by atoms with van der Waals surface area (Å²) in [6, 6.07) is 13.9. The molecule has 3 aromatic rings. The molecule has 1 aromatic heterocycles. The van der Waals surface area contributed by atoms with Crippen LogP contribution in [0.2, 0.25) is 0 Å². The average Bonchev–Trinajstić information content (AvgIpc) is 3.06. The minimum atomic E-state index is -0.175. The number of fused-ring (bicyclic) bond motifs is 1. The van der Waals surface area contributed by atoms with Crippen molar-refractivity contribution in [3.63, 3.8) is 0 Å². The van der Waals surface area contributed by atoms with Crippen molar-refractivity contribution in [2.45, 2.75) is 53.1 Å². The van der Waals surface area contributed by atoms with Crippen LogP contribution >= 0.6 is 0 Å². The average molecular weight is 378 g/mol. The van der Waals surface area contributed by atoms with Crippen LogP contribution in [0.3, 0.4) is 0 Å². The fraction of sp³-hybridized carbons (Fsp3) is 0.348. The molecular weight excluding hydrogens is 352 g/mol. The highest BCUT2D eigenvalue weighted by Crippen LogP contribution is 2.24. The smallest absolute Gasteiger partial charge is 0.305 e. The first-order valence-corrected chi connectivity index (χ1v) is 9.74. The van der Waals surface area contributed by atoms with Gasteiger partial charge in [0.05, 0.1) is 11.0 Å². The number of aromatic nitrogens is 2. The number of Topliss-reactive ketones (excluding diaryl/α,β-unsaturated/α-hetero) is 1. The Bertz CT molecular complexity index is 1000. The molecule has 1 atom stereocenters. The Labute approximate surface area is 165 Å². The van der Waals surface area contributed by atoms with Gasteiger partial charge in [0.25, 0.3) is 0 Å². The normalized spacial score (nSPS) is 12.1. The number of carbonyl (C=O) groups is 2. The number of hydrogen-bond donors (Lipinski definition) is 0. The van der Waals surface area contributed by atoms with Crippen LogP contribution < -0.4 is 0 Å². The maximum absolute atomic E-state index is 11.7. The third-order valence-electron chi connectivity index (χ3n) is 4.79. The van der Waals surface area contributed by atoms with E-state index >= 15 is 0 Å². The number of aryl methyl sites for hydroxylation is 1. The second kappa shape index (κ2) is 8.38. The van der Waals surface area contributed by atoms with Gasteiger partial charge in [-0.05, 0) is 49.7 Å². The predicted octanol–water partition coefficient (Wildman–Crippen LogP) is 4.67. The maximum Gasteiger partial charge on any atom is 0.305 e. The Kier molecular flexibility index (Phi) is 5.93. The number of carbonyl (C=O) groups excluding carboxylic acids is 2. The number of ether oxygens (including phenoxy) is 1. The Hall–Kier alpha value is -2.95. The van der Waals surface area contributed by atoms with E-state index in [-0.39, 0.29) is 17.9 Å². The van der Waals surface area contributed by atoms with Gasteiger partial charge < -0.3 is 4.74 Å². The van der Waals surface area contributed by atoms with Crippen molar-refractivity contribution in [2.75, 3.05) is 0 Å². The lowest BCUT2D eigenvalue weighted by Crippen LogP contribution is -2.16. The van der Waals surface area contributed by atoms with Crippen LogP contribution in [0.5, 0.6) is 0 Å². The van der Waals surface area contributed by atoms with Gasteiger partial charge in [-0.2, -0.15) is 0 Å². The predicted molar refractivity (Wildman–Crippen MR) is 110 cm³/mol. The summed E-state index contributed by atoms with van der Waals surface area (Å²) in [5, 5.41) is 0. The SMILES string of the molecule is CCC(=O)O[C@@H](C)Cc1ccc(-n2c(CC)nc3cc(C(C)=O)ccc32)cc1. The molecule has 146 valence electrons. The Morgan fingerprint density at radius 1 is 1.11 bits per heavy atom. The third kappa shape index (κ3) is 4.14. The second-order valence-corrected chi connectivity index (χ2v) is 7.00. The van der Waals surface area contributed by atoms with E-state index in [2.05, 4.69) is 35.8 Å². The van der Waals surface area contributed by atoms with Crippen LogP contribution in [-0.4, -0.2) is 27.4 Å². The van der Waals surface area contributed by atoms with E-state index in [1.807, 2.05) is 25.1 Å². The molecule has 0 aliphatic heterocycles. The summed E-state index contributed by atoms with van der Waals surface area (Å²) in [6.07, 6.45) is 1.71. The molecule has 0 spiro atoms. The topological polar surface area (TPSA) is 61.2 Å². The molecule has 5 nitrogen and oxygen atoms in total. The standard InChI is InChI=1S/C23H26N2O3/c1-5-22-24-20-14-18(16(4)26)9-12-21(20)25(22)19-10-7-17(8-11-19)13-15(3)28-23(27)6-2/h7-12,14-15H,5-6,13H2,1-4H3/t15-/m0/s1. The summed E-state index contributed by atoms with van der Waals surface area (Å²) in [6.45, 7) is 7.34. The molecule has 0 aliphatic carbocycles. The van der Waals surface area contributed by atoms with Crippen molar-refractivity contribution >= 4 is 22.8 Å². The lowest BCUT2D eigenvalue weighted by molar-refractivity contribution is -0.147. The number of esters is 1. The summed E-state index contributed by atoms with van der Waals surface area (Å²) < 4.78 is 7.48. The highest BCUT2D eigenvalue weighted by atomic mass is 16.5. The largest absolute Gasteiger partial charge is 0.462 e. The molecule has 0 amide bonds. The third-order valence-corrected chi connectivity index (χ3v) is 4.79. The number of rotatable bonds is 7. The van der Waals surface area contributed by atoms with Crippen LogP contribution in [0, 0.1) is 0 Å². The molecular formula is C23H26N2O3. The molecule has 0 fully saturated rings. The van der Waals surface area contributed by atoms with E-state index in [4.69, 9.17) is 9.72 Å². The molecule has 0 radical (unpaired) electrons. The molecule has 0 saturated heterocycles. The Morgan fingerprint density at radius 2 is 1.82 bits per heavy atom. The highest BCUT2D eigenvalue weighted by Gasteiger charge is 2.14. The fourth-order valence-electron chi connectivity index (χ4n) is 3.34. The second-order valence-electron chi connectivity index (χ2n) is 7.00. The minimum absolute atomic E-state index is 0.0387. The zero-order chi connectivity index (χ0) is 20.3. The first-order valence-electron chi connectivity index (χ1n) is 9.74. The van der Waals surface area contributed by atoms with Crippen molar-refractivity contribution in [1.29, 1.82) is 0 Å². The number of benzene rings is 2. The highest BCUT2D eigenvalue weighted by molar-refractivity contribution is 5.97. The Morgan fingerprint density at radius 3 is 2.43 bits per heavy atom. The van der Waals surface area contributed by atoms with E-state index in [0.717, 1.165) is 34.5 Å². The van der Waals surface area contributed by atoms with E-state index in [1.165, 1.54) is 0 Å². The summed E-state index contributed by atoms with van der Waals surface area (Å²) in [5.41, 5.74) is 4.62. The van der Waals surface area contributed by atoms with E-state index in [1.54, 1.807) is 13.8 Å². The van der Waals surface area contributed by atoms with E-state index in [9.17, 15) is 9.59 Å². The van der Waals surface area contributed by atoms with Crippen LogP contribution in [0.4, 0.5) is 0 Å². The molecule has 2 aromatic carbocycles. The van der Waals surface area contributed by atoms with Gasteiger partial charge in [-0.25, -0.2) is 4.98 Å². The molecule has 5 heteroatoms. The fourth-order valence-corrected chi connectivity index (χ4v) is 3.34. The summed E-state index contributed by atoms with van der Waals surface area (Å²) in [5.74, 6) is 0.817. The van der Waals surface area contributed by atoms with Crippen LogP contribution in [0.25, 0.3) is 16.7 Å². The number of imidazole rings is 1. The van der Waals surface area contributed by atoms with Crippen molar-refractivity contribution < 1.29 is 14.3 Å². The summed E-state index contributed by atoms with van der Waals surface area (Å²) >= 11 is 0. The lowest BCUT2D eigenvalue weighted by atomic mass is 10.1. The quantitative estimate of drug-likeness (QED) is 0.443. The van der Waals surface area contributed by atoms with Gasteiger partial charge in [-0.15, -0.1) is 0 Å². The first kappa shape index (κ1) is 19.8. The molecule has 0 N–H and O–H groups in total. The van der Waals surface area contributed by atoms with Gasteiger partial charge in [-0.1, -0.05) is 26.0 Å². The zero-order valence-electron chi connectivity index (χ0n) is 16.9. The molecule has 0 unspecified atom stereocenters. The zero-order valence-corrected chi connectivity index (χ0v) is 16.9. The maximum atomic E-state index is 11.7. The summed E-state index contributed by atoms with van der Waals surface area (Å²) in [7, 11) is 0. The van der Waals surface area contributed by atoms with Gasteiger partial charge in [0, 0.05) is 30.5 Å². The van der Waals surface area contributed by atoms with Crippen molar-refractivity contribution in [2.24, 2.45) is 0 Å². The molecule has 0 aliphatic rings. The summed E-state index contributed by atoms with van der Waals surface area (Å²) in [4.78, 5) is 27.8. The lowest BCUT2D eigenvalue weighted by Gasteiger charge is -2.14. The van der Waals surface area contributed by atoms with Crippen LogP contribution in [0.1, 0.15) is 55.9 Å². The van der Waals surface area contributed by atoms with Gasteiger partial charge in [0.15, 0.2) is 5.78 Å². The monoisotopic (exact) mass is 378 g/mol. The van der Waals surface area contributed by atoms with Crippen molar-refractivity contribution in [1.82, 2.24) is 9.55 Å². The molecule has 3 rings (SSSR count). The molecule has 0 saturated carbocycles.